The number of aromatic nitrogens is 1. The second kappa shape index (κ2) is 8.31. The fourth-order valence-corrected chi connectivity index (χ4v) is 3.33. The van der Waals surface area contributed by atoms with Crippen molar-refractivity contribution in [1.82, 2.24) is 4.98 Å². The van der Waals surface area contributed by atoms with E-state index in [0.717, 1.165) is 5.39 Å². The number of nitrogens with one attached hydrogen (secondary N) is 1. The van der Waals surface area contributed by atoms with E-state index in [1.165, 1.54) is 20.4 Å². The van der Waals surface area contributed by atoms with Crippen molar-refractivity contribution in [2.45, 2.75) is 6.92 Å². The lowest BCUT2D eigenvalue weighted by molar-refractivity contribution is 0.100. The molecule has 0 aliphatic heterocycles. The van der Waals surface area contributed by atoms with Gasteiger partial charge in [0.1, 0.15) is 17.1 Å². The second-order valence-corrected chi connectivity index (χ2v) is 6.86. The van der Waals surface area contributed by atoms with E-state index in [2.05, 4.69) is 10.3 Å². The Kier molecular flexibility index (Phi) is 5.41. The first-order chi connectivity index (χ1) is 15.0. The summed E-state index contributed by atoms with van der Waals surface area (Å²) in [6.45, 7) is 1.80. The highest BCUT2D eigenvalue weighted by molar-refractivity contribution is 6.12. The molecule has 31 heavy (non-hydrogen) atoms. The second-order valence-electron chi connectivity index (χ2n) is 6.86. The predicted molar refractivity (Wildman–Crippen MR) is 116 cm³/mol. The molecule has 4 aromatic rings. The van der Waals surface area contributed by atoms with Gasteiger partial charge in [0.25, 0.3) is 5.91 Å². The molecule has 0 aliphatic carbocycles. The number of methoxy groups -OCH3 is 2. The third-order valence-corrected chi connectivity index (χ3v) is 4.98. The Morgan fingerprint density at radius 1 is 1.03 bits per heavy atom. The molecule has 0 fully saturated rings. The number of carbonyl (C=O) groups excluding carboxylic acids is 2. The molecule has 0 spiro atoms. The number of rotatable bonds is 6. The number of ketones is 1. The number of hydrogen-bond donors (Lipinski definition) is 1. The van der Waals surface area contributed by atoms with Crippen LogP contribution in [0.5, 0.6) is 11.5 Å². The van der Waals surface area contributed by atoms with Crippen LogP contribution in [0.1, 0.15) is 32.0 Å². The minimum absolute atomic E-state index is 0.206. The quantitative estimate of drug-likeness (QED) is 0.461. The van der Waals surface area contributed by atoms with Crippen LogP contribution in [0.3, 0.4) is 0 Å². The van der Waals surface area contributed by atoms with E-state index in [9.17, 15) is 9.59 Å². The summed E-state index contributed by atoms with van der Waals surface area (Å²) in [5.74, 6) is 0.585. The Labute approximate surface area is 178 Å². The molecular weight excluding hydrogens is 396 g/mol. The van der Waals surface area contributed by atoms with Gasteiger partial charge in [-0.2, -0.15) is 0 Å². The molecule has 0 aliphatic rings. The maximum Gasteiger partial charge on any atom is 0.257 e. The zero-order valence-corrected chi connectivity index (χ0v) is 17.3. The number of nitrogens with zero attached hydrogens (tertiary/aromatic N) is 1. The zero-order chi connectivity index (χ0) is 22.0. The summed E-state index contributed by atoms with van der Waals surface area (Å²) >= 11 is 0. The van der Waals surface area contributed by atoms with Crippen molar-refractivity contribution in [3.05, 3.63) is 83.4 Å². The maximum absolute atomic E-state index is 13.2. The van der Waals surface area contributed by atoms with Gasteiger partial charge in [0, 0.05) is 29.0 Å². The molecule has 0 atom stereocenters. The molecule has 0 saturated carbocycles. The van der Waals surface area contributed by atoms with E-state index in [1.807, 2.05) is 0 Å². The third kappa shape index (κ3) is 3.85. The Hall–Kier alpha value is -4.13. The first kappa shape index (κ1) is 20.2. The van der Waals surface area contributed by atoms with E-state index < -0.39 is 0 Å². The van der Waals surface area contributed by atoms with E-state index in [0.29, 0.717) is 39.5 Å². The minimum atomic E-state index is -0.314. The fraction of sp³-hybridized carbons (Fsp3) is 0.125. The number of pyridine rings is 1. The highest BCUT2D eigenvalue weighted by atomic mass is 16.5. The SMILES string of the molecule is COc1ccc(OC)c(C(=O)c2oc3ccc(NC(=O)c4cccnc4)cc3c2C)c1. The van der Waals surface area contributed by atoms with Crippen LogP contribution < -0.4 is 14.8 Å². The van der Waals surface area contributed by atoms with Crippen LogP contribution >= 0.6 is 0 Å². The predicted octanol–water partition coefficient (Wildman–Crippen LogP) is 4.64. The smallest absolute Gasteiger partial charge is 0.257 e. The molecule has 0 bridgehead atoms. The molecule has 0 saturated heterocycles. The van der Waals surface area contributed by atoms with E-state index >= 15 is 0 Å². The molecule has 156 valence electrons. The van der Waals surface area contributed by atoms with Crippen molar-refractivity contribution >= 4 is 28.3 Å². The minimum Gasteiger partial charge on any atom is -0.497 e. The average Bonchev–Trinajstić information content (AvgIpc) is 3.14. The number of fused-ring (bicyclic) bond motifs is 1. The normalized spacial score (nSPS) is 10.7. The summed E-state index contributed by atoms with van der Waals surface area (Å²) in [4.78, 5) is 29.6. The van der Waals surface area contributed by atoms with Gasteiger partial charge in [-0.05, 0) is 55.5 Å². The first-order valence-corrected chi connectivity index (χ1v) is 9.53. The van der Waals surface area contributed by atoms with Crippen molar-refractivity contribution in [3.63, 3.8) is 0 Å². The van der Waals surface area contributed by atoms with Gasteiger partial charge in [-0.15, -0.1) is 0 Å². The molecular formula is C24H20N2O5. The summed E-state index contributed by atoms with van der Waals surface area (Å²) in [6, 6.07) is 13.6. The van der Waals surface area contributed by atoms with E-state index in [4.69, 9.17) is 13.9 Å². The van der Waals surface area contributed by atoms with Crippen molar-refractivity contribution in [2.75, 3.05) is 19.5 Å². The van der Waals surface area contributed by atoms with Crippen molar-refractivity contribution in [1.29, 1.82) is 0 Å². The first-order valence-electron chi connectivity index (χ1n) is 9.53. The lowest BCUT2D eigenvalue weighted by Crippen LogP contribution is -2.11. The van der Waals surface area contributed by atoms with Gasteiger partial charge in [0.05, 0.1) is 25.3 Å². The number of amides is 1. The molecule has 0 unspecified atom stereocenters. The molecule has 2 heterocycles. The maximum atomic E-state index is 13.2. The van der Waals surface area contributed by atoms with Gasteiger partial charge in [0.15, 0.2) is 5.76 Å². The summed E-state index contributed by atoms with van der Waals surface area (Å²) in [5.41, 5.74) is 2.59. The van der Waals surface area contributed by atoms with Gasteiger partial charge in [0.2, 0.25) is 5.78 Å². The third-order valence-electron chi connectivity index (χ3n) is 4.98. The van der Waals surface area contributed by atoms with Gasteiger partial charge >= 0.3 is 0 Å². The van der Waals surface area contributed by atoms with Crippen LogP contribution in [0.15, 0.2) is 65.3 Å². The van der Waals surface area contributed by atoms with E-state index in [-0.39, 0.29) is 17.5 Å². The van der Waals surface area contributed by atoms with Gasteiger partial charge in [-0.1, -0.05) is 0 Å². The average molecular weight is 416 g/mol. The number of furan rings is 1. The Morgan fingerprint density at radius 3 is 2.58 bits per heavy atom. The van der Waals surface area contributed by atoms with Gasteiger partial charge in [-0.25, -0.2) is 0 Å². The monoisotopic (exact) mass is 416 g/mol. The van der Waals surface area contributed by atoms with Crippen LogP contribution in [0.2, 0.25) is 0 Å². The molecule has 1 amide bonds. The highest BCUT2D eigenvalue weighted by Crippen LogP contribution is 2.32. The lowest BCUT2D eigenvalue weighted by Gasteiger charge is -2.08. The van der Waals surface area contributed by atoms with Crippen molar-refractivity contribution in [3.8, 4) is 11.5 Å². The van der Waals surface area contributed by atoms with Crippen LogP contribution in [0, 0.1) is 6.92 Å². The molecule has 2 aromatic carbocycles. The fourth-order valence-electron chi connectivity index (χ4n) is 3.33. The summed E-state index contributed by atoms with van der Waals surface area (Å²) in [7, 11) is 3.03. The lowest BCUT2D eigenvalue weighted by atomic mass is 10.0. The Balaban J connectivity index is 1.69. The number of benzene rings is 2. The largest absolute Gasteiger partial charge is 0.497 e. The Bertz CT molecular complexity index is 1280. The van der Waals surface area contributed by atoms with Crippen LogP contribution in [-0.2, 0) is 0 Å². The number of ether oxygens (including phenoxy) is 2. The standard InChI is InChI=1S/C24H20N2O5/c1-14-18-11-16(26-24(28)15-5-4-10-25-13-15)6-8-21(18)31-23(14)22(27)19-12-17(29-2)7-9-20(19)30-3/h4-13H,1-3H3,(H,26,28). The summed E-state index contributed by atoms with van der Waals surface area (Å²) in [6.07, 6.45) is 3.10. The number of carbonyl (C=O) groups is 2. The summed E-state index contributed by atoms with van der Waals surface area (Å²) < 4.78 is 16.4. The molecule has 4 rings (SSSR count). The van der Waals surface area contributed by atoms with Gasteiger partial charge < -0.3 is 19.2 Å². The molecule has 7 nitrogen and oxygen atoms in total. The molecule has 7 heteroatoms. The molecule has 1 N–H and O–H groups in total. The topological polar surface area (TPSA) is 90.7 Å². The van der Waals surface area contributed by atoms with Crippen LogP contribution in [0.4, 0.5) is 5.69 Å². The van der Waals surface area contributed by atoms with Gasteiger partial charge in [-0.3, -0.25) is 14.6 Å². The van der Waals surface area contributed by atoms with Crippen LogP contribution in [0.25, 0.3) is 11.0 Å². The Morgan fingerprint density at radius 2 is 1.87 bits per heavy atom. The number of aryl methyl sites for hydroxylation is 1. The number of anilines is 1. The van der Waals surface area contributed by atoms with Crippen LogP contribution in [-0.4, -0.2) is 30.9 Å². The zero-order valence-electron chi connectivity index (χ0n) is 17.3. The van der Waals surface area contributed by atoms with Crippen molar-refractivity contribution in [2.24, 2.45) is 0 Å². The highest BCUT2D eigenvalue weighted by Gasteiger charge is 2.23. The molecule has 0 radical (unpaired) electrons. The molecule has 2 aromatic heterocycles. The number of hydrogen-bond acceptors (Lipinski definition) is 6. The van der Waals surface area contributed by atoms with E-state index in [1.54, 1.807) is 61.7 Å². The van der Waals surface area contributed by atoms with Crippen molar-refractivity contribution < 1.29 is 23.5 Å². The summed E-state index contributed by atoms with van der Waals surface area (Å²) in [5, 5.41) is 3.57.